The van der Waals surface area contributed by atoms with Crippen molar-refractivity contribution in [3.63, 3.8) is 0 Å². The summed E-state index contributed by atoms with van der Waals surface area (Å²) >= 11 is 0. The van der Waals surface area contributed by atoms with E-state index in [1.54, 1.807) is 0 Å². The second-order valence-electron chi connectivity index (χ2n) is 6.24. The number of likely N-dealkylation sites (tertiary alicyclic amines) is 1. The van der Waals surface area contributed by atoms with E-state index < -0.39 is 0 Å². The molecular formula is C16H25N3O. The maximum atomic E-state index is 6.22. The molecule has 0 radical (unpaired) electrons. The van der Waals surface area contributed by atoms with E-state index in [1.807, 2.05) is 32.0 Å². The van der Waals surface area contributed by atoms with E-state index in [0.29, 0.717) is 6.04 Å². The molecular weight excluding hydrogens is 250 g/mol. The van der Waals surface area contributed by atoms with Crippen LogP contribution in [0.2, 0.25) is 0 Å². The molecule has 1 heterocycles. The summed E-state index contributed by atoms with van der Waals surface area (Å²) in [5.74, 6) is 0.780. The van der Waals surface area contributed by atoms with Gasteiger partial charge >= 0.3 is 0 Å². The molecule has 1 unspecified atom stereocenters. The largest absolute Gasteiger partial charge is 0.489 e. The molecule has 1 saturated carbocycles. The van der Waals surface area contributed by atoms with Crippen molar-refractivity contribution in [2.24, 2.45) is 0 Å². The first-order valence-corrected chi connectivity index (χ1v) is 7.69. The van der Waals surface area contributed by atoms with Crippen LogP contribution in [0.4, 0.5) is 11.4 Å². The van der Waals surface area contributed by atoms with Gasteiger partial charge in [0.1, 0.15) is 5.75 Å². The quantitative estimate of drug-likeness (QED) is 0.811. The number of nitrogens with zero attached hydrogens (tertiary/aromatic N) is 1. The molecule has 0 spiro atoms. The third kappa shape index (κ3) is 3.01. The number of hydrogen-bond acceptors (Lipinski definition) is 4. The SMILES string of the molecule is CC(C)Oc1cccc(NC2CCN(C3CC3)C2)c1N. The number of hydrogen-bond donors (Lipinski definition) is 2. The number of ether oxygens (including phenoxy) is 1. The van der Waals surface area contributed by atoms with Gasteiger partial charge in [0.2, 0.25) is 0 Å². The van der Waals surface area contributed by atoms with Gasteiger partial charge in [0.25, 0.3) is 0 Å². The normalized spacial score (nSPS) is 23.2. The summed E-state index contributed by atoms with van der Waals surface area (Å²) < 4.78 is 5.74. The van der Waals surface area contributed by atoms with Crippen LogP contribution in [0.5, 0.6) is 5.75 Å². The standard InChI is InChI=1S/C16H25N3O/c1-11(2)20-15-5-3-4-14(16(15)17)18-12-8-9-19(10-12)13-6-7-13/h3-5,11-13,18H,6-10,17H2,1-2H3. The second-order valence-corrected chi connectivity index (χ2v) is 6.24. The van der Waals surface area contributed by atoms with Gasteiger partial charge < -0.3 is 15.8 Å². The number of nitrogens with two attached hydrogens (primary N) is 1. The molecule has 0 bridgehead atoms. The van der Waals surface area contributed by atoms with Gasteiger partial charge in [0.05, 0.1) is 17.5 Å². The number of benzene rings is 1. The molecule has 1 aliphatic carbocycles. The predicted octanol–water partition coefficient (Wildman–Crippen LogP) is 2.70. The summed E-state index contributed by atoms with van der Waals surface area (Å²) in [5, 5.41) is 3.59. The highest BCUT2D eigenvalue weighted by Gasteiger charge is 2.34. The molecule has 1 aromatic carbocycles. The molecule has 0 amide bonds. The Bertz CT molecular complexity index is 471. The number of nitrogen functional groups attached to an aromatic ring is 1. The lowest BCUT2D eigenvalue weighted by Crippen LogP contribution is -2.28. The molecule has 1 aromatic rings. The summed E-state index contributed by atoms with van der Waals surface area (Å²) in [5.41, 5.74) is 7.95. The zero-order valence-electron chi connectivity index (χ0n) is 12.4. The molecule has 1 aliphatic heterocycles. The lowest BCUT2D eigenvalue weighted by atomic mass is 10.2. The van der Waals surface area contributed by atoms with Gasteiger partial charge in [-0.05, 0) is 45.2 Å². The Morgan fingerprint density at radius 2 is 2.10 bits per heavy atom. The molecule has 4 heteroatoms. The average molecular weight is 275 g/mol. The van der Waals surface area contributed by atoms with Crippen LogP contribution in [0, 0.1) is 0 Å². The molecule has 2 fully saturated rings. The van der Waals surface area contributed by atoms with E-state index >= 15 is 0 Å². The molecule has 2 aliphatic rings. The number of rotatable bonds is 5. The van der Waals surface area contributed by atoms with Crippen LogP contribution in [0.15, 0.2) is 18.2 Å². The zero-order chi connectivity index (χ0) is 14.1. The van der Waals surface area contributed by atoms with Crippen molar-refractivity contribution in [2.45, 2.75) is 51.3 Å². The molecule has 1 saturated heterocycles. The Hall–Kier alpha value is -1.42. The molecule has 3 rings (SSSR count). The highest BCUT2D eigenvalue weighted by Crippen LogP contribution is 2.33. The predicted molar refractivity (Wildman–Crippen MR) is 83.2 cm³/mol. The highest BCUT2D eigenvalue weighted by molar-refractivity contribution is 5.73. The van der Waals surface area contributed by atoms with E-state index in [0.717, 1.165) is 29.7 Å². The van der Waals surface area contributed by atoms with Gasteiger partial charge in [-0.2, -0.15) is 0 Å². The minimum Gasteiger partial charge on any atom is -0.489 e. The fourth-order valence-corrected chi connectivity index (χ4v) is 2.92. The molecule has 0 aromatic heterocycles. The molecule has 110 valence electrons. The van der Waals surface area contributed by atoms with Gasteiger partial charge in [-0.1, -0.05) is 6.07 Å². The molecule has 4 nitrogen and oxygen atoms in total. The topological polar surface area (TPSA) is 50.5 Å². The molecule has 3 N–H and O–H groups in total. The van der Waals surface area contributed by atoms with E-state index in [4.69, 9.17) is 10.5 Å². The fourth-order valence-electron chi connectivity index (χ4n) is 2.92. The van der Waals surface area contributed by atoms with Crippen molar-refractivity contribution in [1.82, 2.24) is 4.90 Å². The Kier molecular flexibility index (Phi) is 3.74. The number of anilines is 2. The maximum Gasteiger partial charge on any atom is 0.144 e. The fraction of sp³-hybridized carbons (Fsp3) is 0.625. The van der Waals surface area contributed by atoms with Gasteiger partial charge in [-0.3, -0.25) is 4.90 Å². The van der Waals surface area contributed by atoms with E-state index in [-0.39, 0.29) is 6.10 Å². The van der Waals surface area contributed by atoms with Gasteiger partial charge in [-0.15, -0.1) is 0 Å². The lowest BCUT2D eigenvalue weighted by molar-refractivity contribution is 0.244. The van der Waals surface area contributed by atoms with Crippen LogP contribution in [0.1, 0.15) is 33.1 Å². The summed E-state index contributed by atoms with van der Waals surface area (Å²) in [6.07, 6.45) is 4.11. The van der Waals surface area contributed by atoms with E-state index in [1.165, 1.54) is 25.8 Å². The van der Waals surface area contributed by atoms with Crippen LogP contribution in [0.25, 0.3) is 0 Å². The third-order valence-electron chi connectivity index (χ3n) is 4.07. The zero-order valence-corrected chi connectivity index (χ0v) is 12.4. The summed E-state index contributed by atoms with van der Waals surface area (Å²) in [6.45, 7) is 6.39. The monoisotopic (exact) mass is 275 g/mol. The number of para-hydroxylation sites is 1. The van der Waals surface area contributed by atoms with Crippen molar-refractivity contribution in [3.8, 4) is 5.75 Å². The van der Waals surface area contributed by atoms with Crippen molar-refractivity contribution in [3.05, 3.63) is 18.2 Å². The molecule has 1 atom stereocenters. The van der Waals surface area contributed by atoms with Crippen molar-refractivity contribution >= 4 is 11.4 Å². The van der Waals surface area contributed by atoms with Crippen LogP contribution in [-0.2, 0) is 0 Å². The molecule has 20 heavy (non-hydrogen) atoms. The second kappa shape index (κ2) is 5.52. The Labute approximate surface area is 121 Å². The van der Waals surface area contributed by atoms with Gasteiger partial charge in [0.15, 0.2) is 0 Å². The van der Waals surface area contributed by atoms with Crippen LogP contribution in [0.3, 0.4) is 0 Å². The number of nitrogens with one attached hydrogen (secondary N) is 1. The summed E-state index contributed by atoms with van der Waals surface area (Å²) in [4.78, 5) is 2.60. The highest BCUT2D eigenvalue weighted by atomic mass is 16.5. The van der Waals surface area contributed by atoms with Crippen LogP contribution < -0.4 is 15.8 Å². The summed E-state index contributed by atoms with van der Waals surface area (Å²) in [6, 6.07) is 7.35. The van der Waals surface area contributed by atoms with E-state index in [9.17, 15) is 0 Å². The van der Waals surface area contributed by atoms with Crippen LogP contribution in [-0.4, -0.2) is 36.2 Å². The third-order valence-corrected chi connectivity index (χ3v) is 4.07. The van der Waals surface area contributed by atoms with Gasteiger partial charge in [0, 0.05) is 25.2 Å². The van der Waals surface area contributed by atoms with E-state index in [2.05, 4.69) is 10.2 Å². The smallest absolute Gasteiger partial charge is 0.144 e. The summed E-state index contributed by atoms with van der Waals surface area (Å²) in [7, 11) is 0. The Balaban J connectivity index is 1.65. The van der Waals surface area contributed by atoms with Crippen molar-refractivity contribution in [2.75, 3.05) is 24.1 Å². The minimum atomic E-state index is 0.143. The Morgan fingerprint density at radius 1 is 1.30 bits per heavy atom. The van der Waals surface area contributed by atoms with Crippen molar-refractivity contribution < 1.29 is 4.74 Å². The Morgan fingerprint density at radius 3 is 2.80 bits per heavy atom. The van der Waals surface area contributed by atoms with Crippen molar-refractivity contribution in [1.29, 1.82) is 0 Å². The van der Waals surface area contributed by atoms with Crippen LogP contribution >= 0.6 is 0 Å². The first-order chi connectivity index (χ1) is 9.63. The maximum absolute atomic E-state index is 6.22. The lowest BCUT2D eigenvalue weighted by Gasteiger charge is -2.19. The first kappa shape index (κ1) is 13.6. The average Bonchev–Trinajstić information content (AvgIpc) is 3.15. The van der Waals surface area contributed by atoms with Gasteiger partial charge in [-0.25, -0.2) is 0 Å². The minimum absolute atomic E-state index is 0.143. The first-order valence-electron chi connectivity index (χ1n) is 7.69.